The Morgan fingerprint density at radius 2 is 1.69 bits per heavy atom. The minimum atomic E-state index is 0.786. The maximum absolute atomic E-state index is 3.36. The van der Waals surface area contributed by atoms with E-state index in [1.54, 1.807) is 0 Å². The summed E-state index contributed by atoms with van der Waals surface area (Å²) in [5.41, 5.74) is 0.786. The van der Waals surface area contributed by atoms with E-state index in [1.165, 1.54) is 58.3 Å². The normalized spacial score (nSPS) is 34.2. The van der Waals surface area contributed by atoms with E-state index < -0.39 is 0 Å². The quantitative estimate of drug-likeness (QED) is 0.653. The molecule has 3 fully saturated rings. The molecule has 0 unspecified atom stereocenters. The fourth-order valence-electron chi connectivity index (χ4n) is 3.22. The Bertz CT molecular complexity index is 184. The van der Waals surface area contributed by atoms with Crippen LogP contribution in [0.15, 0.2) is 0 Å². The minimum Gasteiger partial charge on any atom is -0.314 e. The lowest BCUT2D eigenvalue weighted by molar-refractivity contribution is -0.0662. The maximum atomic E-state index is 3.36. The molecule has 1 spiro atoms. The van der Waals surface area contributed by atoms with Crippen molar-refractivity contribution in [3.05, 3.63) is 0 Å². The van der Waals surface area contributed by atoms with Crippen molar-refractivity contribution >= 4 is 0 Å². The molecule has 1 saturated carbocycles. The summed E-state index contributed by atoms with van der Waals surface area (Å²) in [6, 6.07) is 0.896. The average Bonchev–Trinajstić information content (AvgIpc) is 2.00. The number of nitrogens with zero attached hydrogens (tertiary/aromatic N) is 1. The van der Waals surface area contributed by atoms with E-state index in [1.807, 2.05) is 0 Å². The summed E-state index contributed by atoms with van der Waals surface area (Å²) in [5.74, 6) is 0. The molecule has 1 aliphatic carbocycles. The SMILES string of the molecule is C1CCC2(CC1)CN(C1CNC1)C2. The third-order valence-electron chi connectivity index (χ3n) is 4.27. The topological polar surface area (TPSA) is 15.3 Å². The van der Waals surface area contributed by atoms with E-state index in [0.29, 0.717) is 0 Å². The van der Waals surface area contributed by atoms with Crippen molar-refractivity contribution in [2.45, 2.75) is 38.1 Å². The van der Waals surface area contributed by atoms with Gasteiger partial charge in [-0.15, -0.1) is 0 Å². The van der Waals surface area contributed by atoms with Gasteiger partial charge in [0.15, 0.2) is 0 Å². The molecule has 3 rings (SSSR count). The van der Waals surface area contributed by atoms with Crippen molar-refractivity contribution in [1.29, 1.82) is 0 Å². The lowest BCUT2D eigenvalue weighted by Gasteiger charge is -2.57. The van der Waals surface area contributed by atoms with Gasteiger partial charge in [-0.3, -0.25) is 4.90 Å². The highest BCUT2D eigenvalue weighted by Crippen LogP contribution is 2.44. The molecule has 2 saturated heterocycles. The number of hydrogen-bond acceptors (Lipinski definition) is 2. The highest BCUT2D eigenvalue weighted by atomic mass is 15.3. The molecule has 1 N–H and O–H groups in total. The second-order valence-corrected chi connectivity index (χ2v) is 5.28. The van der Waals surface area contributed by atoms with Gasteiger partial charge >= 0.3 is 0 Å². The standard InChI is InChI=1S/C11H20N2/c1-2-4-11(5-3-1)8-13(9-11)10-6-12-7-10/h10,12H,1-9H2. The molecular formula is C11H20N2. The van der Waals surface area contributed by atoms with Crippen molar-refractivity contribution < 1.29 is 0 Å². The Morgan fingerprint density at radius 3 is 2.23 bits per heavy atom. The fourth-order valence-corrected chi connectivity index (χ4v) is 3.22. The van der Waals surface area contributed by atoms with Gasteiger partial charge in [0.2, 0.25) is 0 Å². The van der Waals surface area contributed by atoms with Crippen molar-refractivity contribution in [1.82, 2.24) is 10.2 Å². The van der Waals surface area contributed by atoms with Gasteiger partial charge in [-0.25, -0.2) is 0 Å². The van der Waals surface area contributed by atoms with Gasteiger partial charge in [0.25, 0.3) is 0 Å². The highest BCUT2D eigenvalue weighted by molar-refractivity contribution is 5.01. The van der Waals surface area contributed by atoms with Crippen molar-refractivity contribution in [2.24, 2.45) is 5.41 Å². The first-order valence-corrected chi connectivity index (χ1v) is 5.83. The van der Waals surface area contributed by atoms with Gasteiger partial charge in [0.1, 0.15) is 0 Å². The van der Waals surface area contributed by atoms with Crippen molar-refractivity contribution in [3.63, 3.8) is 0 Å². The lowest BCUT2D eigenvalue weighted by Crippen LogP contribution is -2.68. The summed E-state index contributed by atoms with van der Waals surface area (Å²) >= 11 is 0. The molecule has 0 aromatic rings. The van der Waals surface area contributed by atoms with E-state index in [4.69, 9.17) is 0 Å². The third kappa shape index (κ3) is 1.31. The molecular weight excluding hydrogens is 160 g/mol. The van der Waals surface area contributed by atoms with Gasteiger partial charge in [-0.2, -0.15) is 0 Å². The zero-order valence-electron chi connectivity index (χ0n) is 8.39. The van der Waals surface area contributed by atoms with Crippen LogP contribution in [-0.4, -0.2) is 37.1 Å². The summed E-state index contributed by atoms with van der Waals surface area (Å²) in [7, 11) is 0. The second kappa shape index (κ2) is 2.96. The molecule has 2 nitrogen and oxygen atoms in total. The molecule has 0 radical (unpaired) electrons. The molecule has 0 bridgehead atoms. The van der Waals surface area contributed by atoms with Gasteiger partial charge in [-0.1, -0.05) is 19.3 Å². The minimum absolute atomic E-state index is 0.786. The summed E-state index contributed by atoms with van der Waals surface area (Å²) in [5, 5.41) is 3.36. The first kappa shape index (κ1) is 8.25. The first-order chi connectivity index (χ1) is 6.38. The highest BCUT2D eigenvalue weighted by Gasteiger charge is 2.46. The Morgan fingerprint density at radius 1 is 1.00 bits per heavy atom. The Balaban J connectivity index is 1.54. The van der Waals surface area contributed by atoms with Gasteiger partial charge < -0.3 is 5.32 Å². The summed E-state index contributed by atoms with van der Waals surface area (Å²) < 4.78 is 0. The van der Waals surface area contributed by atoms with Crippen LogP contribution in [0.25, 0.3) is 0 Å². The molecule has 2 aliphatic heterocycles. The monoisotopic (exact) mass is 180 g/mol. The zero-order chi connectivity index (χ0) is 8.73. The van der Waals surface area contributed by atoms with Crippen LogP contribution in [-0.2, 0) is 0 Å². The van der Waals surface area contributed by atoms with Crippen LogP contribution in [0.2, 0.25) is 0 Å². The van der Waals surface area contributed by atoms with Crippen LogP contribution < -0.4 is 5.32 Å². The van der Waals surface area contributed by atoms with E-state index >= 15 is 0 Å². The van der Waals surface area contributed by atoms with Crippen LogP contribution in [0.5, 0.6) is 0 Å². The molecule has 0 aromatic carbocycles. The molecule has 0 amide bonds. The molecule has 13 heavy (non-hydrogen) atoms. The summed E-state index contributed by atoms with van der Waals surface area (Å²) in [4.78, 5) is 2.70. The number of rotatable bonds is 1. The average molecular weight is 180 g/mol. The second-order valence-electron chi connectivity index (χ2n) is 5.28. The molecule has 3 aliphatic rings. The molecule has 74 valence electrons. The maximum Gasteiger partial charge on any atom is 0.0345 e. The van der Waals surface area contributed by atoms with E-state index in [2.05, 4.69) is 10.2 Å². The van der Waals surface area contributed by atoms with Crippen molar-refractivity contribution in [2.75, 3.05) is 26.2 Å². The Kier molecular flexibility index (Phi) is 1.88. The predicted octanol–water partition coefficient (Wildman–Crippen LogP) is 1.22. The smallest absolute Gasteiger partial charge is 0.0345 e. The zero-order valence-corrected chi connectivity index (χ0v) is 8.39. The predicted molar refractivity (Wildman–Crippen MR) is 53.7 cm³/mol. The Hall–Kier alpha value is -0.0800. The fraction of sp³-hybridized carbons (Fsp3) is 1.00. The van der Waals surface area contributed by atoms with Crippen molar-refractivity contribution in [3.8, 4) is 0 Å². The number of likely N-dealkylation sites (tertiary alicyclic amines) is 1. The van der Waals surface area contributed by atoms with Gasteiger partial charge in [0, 0.05) is 32.2 Å². The van der Waals surface area contributed by atoms with Crippen LogP contribution in [0, 0.1) is 5.41 Å². The van der Waals surface area contributed by atoms with Gasteiger partial charge in [-0.05, 0) is 18.3 Å². The van der Waals surface area contributed by atoms with E-state index in [-0.39, 0.29) is 0 Å². The van der Waals surface area contributed by atoms with Crippen LogP contribution >= 0.6 is 0 Å². The number of hydrogen-bond donors (Lipinski definition) is 1. The van der Waals surface area contributed by atoms with E-state index in [0.717, 1.165) is 11.5 Å². The molecule has 2 heteroatoms. The summed E-state index contributed by atoms with van der Waals surface area (Å²) in [6.45, 7) is 5.32. The van der Waals surface area contributed by atoms with Gasteiger partial charge in [0.05, 0.1) is 0 Å². The molecule has 0 aromatic heterocycles. The molecule has 2 heterocycles. The third-order valence-corrected chi connectivity index (χ3v) is 4.27. The largest absolute Gasteiger partial charge is 0.314 e. The Labute approximate surface area is 80.7 Å². The van der Waals surface area contributed by atoms with Crippen LogP contribution in [0.4, 0.5) is 0 Å². The molecule has 0 atom stereocenters. The number of nitrogens with one attached hydrogen (secondary N) is 1. The first-order valence-electron chi connectivity index (χ1n) is 5.83. The lowest BCUT2D eigenvalue weighted by atomic mass is 9.68. The van der Waals surface area contributed by atoms with E-state index in [9.17, 15) is 0 Å². The van der Waals surface area contributed by atoms with Crippen LogP contribution in [0.3, 0.4) is 0 Å². The van der Waals surface area contributed by atoms with Crippen LogP contribution in [0.1, 0.15) is 32.1 Å². The summed E-state index contributed by atoms with van der Waals surface area (Å²) in [6.07, 6.45) is 7.52.